The van der Waals surface area contributed by atoms with E-state index in [1.54, 1.807) is 6.07 Å². The summed E-state index contributed by atoms with van der Waals surface area (Å²) in [5, 5.41) is 6.71. The van der Waals surface area contributed by atoms with Crippen LogP contribution < -0.4 is 4.74 Å². The van der Waals surface area contributed by atoms with Gasteiger partial charge in [-0.25, -0.2) is 9.40 Å². The van der Waals surface area contributed by atoms with E-state index in [-0.39, 0.29) is 11.9 Å². The molecule has 4 nitrogen and oxygen atoms in total. The lowest BCUT2D eigenvalue weighted by molar-refractivity contribution is -0.0192. The minimum atomic E-state index is -0.473. The number of hydrogen-bond acceptors (Lipinski definition) is 4. The molecule has 3 aromatic rings. The van der Waals surface area contributed by atoms with Gasteiger partial charge in [0.05, 0.1) is 6.04 Å². The number of ether oxygens (including phenoxy) is 1. The number of nitrogens with zero attached hydrogens (tertiary/aromatic N) is 2. The van der Waals surface area contributed by atoms with Gasteiger partial charge in [0, 0.05) is 17.5 Å². The first kappa shape index (κ1) is 15.2. The Morgan fingerprint density at radius 1 is 1.08 bits per heavy atom. The van der Waals surface area contributed by atoms with Crippen LogP contribution in [0.2, 0.25) is 0 Å². The van der Waals surface area contributed by atoms with Gasteiger partial charge in [0.2, 0.25) is 6.23 Å². The number of hydrazone groups is 1. The van der Waals surface area contributed by atoms with E-state index < -0.39 is 6.23 Å². The first-order valence-corrected chi connectivity index (χ1v) is 8.63. The quantitative estimate of drug-likeness (QED) is 0.656. The molecule has 0 N–H and O–H groups in total. The van der Waals surface area contributed by atoms with Crippen LogP contribution in [0.1, 0.15) is 41.3 Å². The van der Waals surface area contributed by atoms with Gasteiger partial charge in [-0.05, 0) is 37.3 Å². The van der Waals surface area contributed by atoms with E-state index in [0.29, 0.717) is 0 Å². The molecule has 0 bridgehead atoms. The van der Waals surface area contributed by atoms with Crippen LogP contribution in [0.4, 0.5) is 4.39 Å². The van der Waals surface area contributed by atoms with Crippen LogP contribution in [-0.4, -0.2) is 10.7 Å². The van der Waals surface area contributed by atoms with E-state index in [2.05, 4.69) is 6.07 Å². The van der Waals surface area contributed by atoms with Crippen molar-refractivity contribution < 1.29 is 13.5 Å². The Bertz CT molecular complexity index is 1010. The second-order valence-electron chi connectivity index (χ2n) is 6.62. The molecule has 1 aromatic heterocycles. The molecule has 5 heteroatoms. The zero-order valence-electron chi connectivity index (χ0n) is 14.2. The maximum atomic E-state index is 13.8. The third-order valence-corrected chi connectivity index (χ3v) is 4.86. The molecule has 2 aliphatic heterocycles. The normalized spacial score (nSPS) is 21.0. The van der Waals surface area contributed by atoms with Crippen LogP contribution >= 0.6 is 0 Å². The van der Waals surface area contributed by atoms with Gasteiger partial charge in [-0.15, -0.1) is 0 Å². The fourth-order valence-corrected chi connectivity index (χ4v) is 3.65. The van der Waals surface area contributed by atoms with E-state index >= 15 is 0 Å². The molecule has 0 radical (unpaired) electrons. The molecule has 5 rings (SSSR count). The molecule has 130 valence electrons. The summed E-state index contributed by atoms with van der Waals surface area (Å²) in [5.74, 6) is 2.15. The largest absolute Gasteiger partial charge is 0.464 e. The summed E-state index contributed by atoms with van der Waals surface area (Å²) < 4.78 is 25.7. The Morgan fingerprint density at radius 3 is 2.77 bits per heavy atom. The van der Waals surface area contributed by atoms with Crippen molar-refractivity contribution in [2.45, 2.75) is 25.6 Å². The smallest absolute Gasteiger partial charge is 0.213 e. The van der Waals surface area contributed by atoms with Crippen LogP contribution in [-0.2, 0) is 0 Å². The van der Waals surface area contributed by atoms with Gasteiger partial charge >= 0.3 is 0 Å². The fourth-order valence-electron chi connectivity index (χ4n) is 3.65. The van der Waals surface area contributed by atoms with Crippen molar-refractivity contribution in [3.05, 3.63) is 89.1 Å². The molecule has 3 heterocycles. The highest BCUT2D eigenvalue weighted by Gasteiger charge is 2.41. The third kappa shape index (κ3) is 2.39. The maximum absolute atomic E-state index is 13.8. The summed E-state index contributed by atoms with van der Waals surface area (Å²) in [6, 6.07) is 18.4. The predicted molar refractivity (Wildman–Crippen MR) is 95.4 cm³/mol. The summed E-state index contributed by atoms with van der Waals surface area (Å²) in [7, 11) is 0. The molecule has 0 saturated heterocycles. The summed E-state index contributed by atoms with van der Waals surface area (Å²) in [4.78, 5) is 0. The number of furan rings is 1. The number of benzene rings is 2. The van der Waals surface area contributed by atoms with Gasteiger partial charge in [0.25, 0.3) is 0 Å². The lowest BCUT2D eigenvalue weighted by Crippen LogP contribution is -2.33. The minimum absolute atomic E-state index is 0.0358. The molecule has 2 atom stereocenters. The molecular weight excluding hydrogens is 331 g/mol. The standard InChI is InChI=1S/C21H17FN2O2/c1-13-9-10-20(25-13)17-12-18-16-7-2-3-8-19(16)26-21(24(18)23-17)14-5-4-6-15(22)11-14/h2-11,18,21H,12H2,1H3/t18-,21+/m1/s1. The Kier molecular flexibility index (Phi) is 3.35. The number of fused-ring (bicyclic) bond motifs is 3. The molecule has 0 saturated carbocycles. The van der Waals surface area contributed by atoms with Gasteiger partial charge in [-0.3, -0.25) is 0 Å². The second-order valence-corrected chi connectivity index (χ2v) is 6.62. The van der Waals surface area contributed by atoms with E-state index in [0.717, 1.165) is 40.5 Å². The molecule has 0 spiro atoms. The average Bonchev–Trinajstić information content (AvgIpc) is 3.27. The van der Waals surface area contributed by atoms with Crippen molar-refractivity contribution in [1.82, 2.24) is 5.01 Å². The average molecular weight is 348 g/mol. The molecule has 2 aromatic carbocycles. The number of aryl methyl sites for hydroxylation is 1. The highest BCUT2D eigenvalue weighted by Crippen LogP contribution is 2.47. The Morgan fingerprint density at radius 2 is 1.96 bits per heavy atom. The molecule has 0 unspecified atom stereocenters. The van der Waals surface area contributed by atoms with Crippen molar-refractivity contribution in [3.63, 3.8) is 0 Å². The Balaban J connectivity index is 1.61. The monoisotopic (exact) mass is 348 g/mol. The number of rotatable bonds is 2. The van der Waals surface area contributed by atoms with Crippen LogP contribution in [0, 0.1) is 12.7 Å². The maximum Gasteiger partial charge on any atom is 0.213 e. The van der Waals surface area contributed by atoms with E-state index in [1.807, 2.05) is 48.3 Å². The molecule has 0 amide bonds. The molecular formula is C21H17FN2O2. The van der Waals surface area contributed by atoms with Gasteiger partial charge in [-0.1, -0.05) is 30.3 Å². The summed E-state index contributed by atoms with van der Waals surface area (Å²) in [6.07, 6.45) is 0.248. The zero-order valence-corrected chi connectivity index (χ0v) is 14.2. The SMILES string of the molecule is Cc1ccc(C2=NN3[C@H](C2)c2ccccc2O[C@H]3c2cccc(F)c2)o1. The van der Waals surface area contributed by atoms with E-state index in [4.69, 9.17) is 14.3 Å². The van der Waals surface area contributed by atoms with Crippen molar-refractivity contribution >= 4 is 5.71 Å². The molecule has 26 heavy (non-hydrogen) atoms. The Labute approximate surface area is 150 Å². The van der Waals surface area contributed by atoms with E-state index in [1.165, 1.54) is 12.1 Å². The first-order valence-electron chi connectivity index (χ1n) is 8.63. The predicted octanol–water partition coefficient (Wildman–Crippen LogP) is 4.97. The lowest BCUT2D eigenvalue weighted by atomic mass is 9.97. The fraction of sp³-hybridized carbons (Fsp3) is 0.190. The van der Waals surface area contributed by atoms with Crippen LogP contribution in [0.25, 0.3) is 0 Å². The Hall–Kier alpha value is -3.08. The highest BCUT2D eigenvalue weighted by molar-refractivity contribution is 5.99. The topological polar surface area (TPSA) is 38.0 Å². The lowest BCUT2D eigenvalue weighted by Gasteiger charge is -2.38. The second kappa shape index (κ2) is 5.73. The number of para-hydroxylation sites is 1. The van der Waals surface area contributed by atoms with Crippen molar-refractivity contribution in [1.29, 1.82) is 0 Å². The van der Waals surface area contributed by atoms with Crippen LogP contribution in [0.5, 0.6) is 5.75 Å². The van der Waals surface area contributed by atoms with Crippen molar-refractivity contribution in [2.75, 3.05) is 0 Å². The van der Waals surface area contributed by atoms with Crippen LogP contribution in [0.3, 0.4) is 0 Å². The summed E-state index contributed by atoms with van der Waals surface area (Å²) >= 11 is 0. The number of hydrogen-bond donors (Lipinski definition) is 0. The van der Waals surface area contributed by atoms with Gasteiger partial charge in [0.1, 0.15) is 28.8 Å². The minimum Gasteiger partial charge on any atom is -0.464 e. The first-order chi connectivity index (χ1) is 12.7. The molecule has 2 aliphatic rings. The van der Waals surface area contributed by atoms with Crippen molar-refractivity contribution in [2.24, 2.45) is 5.10 Å². The van der Waals surface area contributed by atoms with Crippen molar-refractivity contribution in [3.8, 4) is 5.75 Å². The van der Waals surface area contributed by atoms with Gasteiger partial charge in [-0.2, -0.15) is 5.10 Å². The van der Waals surface area contributed by atoms with Gasteiger partial charge < -0.3 is 9.15 Å². The highest BCUT2D eigenvalue weighted by atomic mass is 19.1. The molecule has 0 fully saturated rings. The van der Waals surface area contributed by atoms with E-state index in [9.17, 15) is 4.39 Å². The number of halogens is 1. The van der Waals surface area contributed by atoms with Crippen LogP contribution in [0.15, 0.2) is 70.2 Å². The summed E-state index contributed by atoms with van der Waals surface area (Å²) in [6.45, 7) is 1.92. The molecule has 0 aliphatic carbocycles. The summed E-state index contributed by atoms with van der Waals surface area (Å²) in [5.41, 5.74) is 2.71. The van der Waals surface area contributed by atoms with Gasteiger partial charge in [0.15, 0.2) is 0 Å². The third-order valence-electron chi connectivity index (χ3n) is 4.86. The zero-order chi connectivity index (χ0) is 17.7.